The highest BCUT2D eigenvalue weighted by molar-refractivity contribution is 4.70. The van der Waals surface area contributed by atoms with Crippen molar-refractivity contribution < 1.29 is 0 Å². The molecule has 0 spiro atoms. The van der Waals surface area contributed by atoms with Crippen LogP contribution in [0.5, 0.6) is 0 Å². The summed E-state index contributed by atoms with van der Waals surface area (Å²) in [4.78, 5) is 0. The summed E-state index contributed by atoms with van der Waals surface area (Å²) in [6.07, 6.45) is 7.14. The Balaban J connectivity index is -0.000000180. The van der Waals surface area contributed by atoms with Crippen LogP contribution in [0.2, 0.25) is 0 Å². The Labute approximate surface area is 87.1 Å². The molecule has 0 saturated heterocycles. The summed E-state index contributed by atoms with van der Waals surface area (Å²) in [5.74, 6) is 2.10. The van der Waals surface area contributed by atoms with Crippen molar-refractivity contribution in [1.29, 1.82) is 0 Å². The first-order chi connectivity index (χ1) is 5.24. The van der Waals surface area contributed by atoms with Crippen LogP contribution in [-0.2, 0) is 0 Å². The van der Waals surface area contributed by atoms with E-state index >= 15 is 0 Å². The molecule has 0 aromatic carbocycles. The molecule has 0 heteroatoms. The predicted octanol–water partition coefficient (Wildman–Crippen LogP) is 5.52. The van der Waals surface area contributed by atoms with Gasteiger partial charge in [-0.05, 0) is 18.3 Å². The predicted molar refractivity (Wildman–Crippen MR) is 66.2 cm³/mol. The molecule has 1 aliphatic rings. The van der Waals surface area contributed by atoms with Crippen molar-refractivity contribution in [1.82, 2.24) is 0 Å². The molecule has 0 aromatic rings. The zero-order chi connectivity index (χ0) is 8.69. The Hall–Kier alpha value is 0. The van der Waals surface area contributed by atoms with E-state index < -0.39 is 0 Å². The molecule has 1 aliphatic carbocycles. The fraction of sp³-hybridized carbons (Fsp3) is 1.00. The second-order valence-electron chi connectivity index (χ2n) is 3.90. The minimum atomic E-state index is 0. The lowest BCUT2D eigenvalue weighted by Crippen LogP contribution is -1.89. The molecule has 2 unspecified atom stereocenters. The van der Waals surface area contributed by atoms with Gasteiger partial charge in [0.1, 0.15) is 0 Å². The minimum Gasteiger partial charge on any atom is -0.0776 e. The standard InChI is InChI=1S/C8H16.C3H8.2CH4/c1-3-8-5-4-7(2)6-8;1-3-2;;/h7-8H,3-6H2,1-2H3;3H2,1-2H3;2*1H4. The van der Waals surface area contributed by atoms with E-state index in [2.05, 4.69) is 27.7 Å². The van der Waals surface area contributed by atoms with Gasteiger partial charge in [0.25, 0.3) is 0 Å². The van der Waals surface area contributed by atoms with Crippen LogP contribution < -0.4 is 0 Å². The highest BCUT2D eigenvalue weighted by Crippen LogP contribution is 2.31. The summed E-state index contributed by atoms with van der Waals surface area (Å²) in [6.45, 7) is 8.93. The van der Waals surface area contributed by atoms with Gasteiger partial charge in [-0.15, -0.1) is 0 Å². The van der Waals surface area contributed by atoms with Crippen LogP contribution >= 0.6 is 0 Å². The third-order valence-electron chi connectivity index (χ3n) is 2.38. The number of hydrogen-bond acceptors (Lipinski definition) is 0. The van der Waals surface area contributed by atoms with Gasteiger partial charge in [-0.25, -0.2) is 0 Å². The summed E-state index contributed by atoms with van der Waals surface area (Å²) in [6, 6.07) is 0. The average molecular weight is 188 g/mol. The summed E-state index contributed by atoms with van der Waals surface area (Å²) in [5, 5.41) is 0. The van der Waals surface area contributed by atoms with Crippen molar-refractivity contribution >= 4 is 0 Å². The molecule has 0 N–H and O–H groups in total. The third kappa shape index (κ3) is 9.92. The summed E-state index contributed by atoms with van der Waals surface area (Å²) < 4.78 is 0. The molecule has 2 atom stereocenters. The van der Waals surface area contributed by atoms with Crippen LogP contribution in [0.3, 0.4) is 0 Å². The average Bonchev–Trinajstić information content (AvgIpc) is 2.37. The lowest BCUT2D eigenvalue weighted by Gasteiger charge is -2.02. The zero-order valence-corrected chi connectivity index (χ0v) is 8.69. The van der Waals surface area contributed by atoms with Crippen molar-refractivity contribution in [3.8, 4) is 0 Å². The van der Waals surface area contributed by atoms with Crippen LogP contribution in [0.25, 0.3) is 0 Å². The van der Waals surface area contributed by atoms with E-state index in [1.54, 1.807) is 0 Å². The largest absolute Gasteiger partial charge is 0.0776 e. The summed E-state index contributed by atoms with van der Waals surface area (Å²) in [7, 11) is 0. The molecular formula is C13H32. The smallest absolute Gasteiger partial charge is 0.0414 e. The van der Waals surface area contributed by atoms with Crippen LogP contribution in [0.15, 0.2) is 0 Å². The SMILES string of the molecule is C.C.CCC.CCC1CCC(C)C1. The van der Waals surface area contributed by atoms with E-state index in [4.69, 9.17) is 0 Å². The number of hydrogen-bond donors (Lipinski definition) is 0. The molecule has 1 rings (SSSR count). The van der Waals surface area contributed by atoms with Gasteiger partial charge in [0.2, 0.25) is 0 Å². The van der Waals surface area contributed by atoms with Crippen LogP contribution in [0.4, 0.5) is 0 Å². The molecule has 84 valence electrons. The molecule has 0 amide bonds. The summed E-state index contributed by atoms with van der Waals surface area (Å²) >= 11 is 0. The maximum absolute atomic E-state index is 2.37. The molecule has 1 fully saturated rings. The first kappa shape index (κ1) is 18.7. The molecule has 13 heavy (non-hydrogen) atoms. The second-order valence-corrected chi connectivity index (χ2v) is 3.90. The van der Waals surface area contributed by atoms with E-state index in [1.165, 1.54) is 32.1 Å². The number of rotatable bonds is 1. The third-order valence-corrected chi connectivity index (χ3v) is 2.38. The van der Waals surface area contributed by atoms with Crippen molar-refractivity contribution in [2.45, 2.75) is 74.7 Å². The van der Waals surface area contributed by atoms with E-state index in [0.29, 0.717) is 0 Å². The van der Waals surface area contributed by atoms with E-state index in [9.17, 15) is 0 Å². The van der Waals surface area contributed by atoms with Gasteiger partial charge in [-0.2, -0.15) is 0 Å². The first-order valence-electron chi connectivity index (χ1n) is 5.24. The van der Waals surface area contributed by atoms with Gasteiger partial charge in [0.05, 0.1) is 0 Å². The van der Waals surface area contributed by atoms with Crippen molar-refractivity contribution in [3.05, 3.63) is 0 Å². The topological polar surface area (TPSA) is 0 Å². The van der Waals surface area contributed by atoms with Gasteiger partial charge >= 0.3 is 0 Å². The molecule has 0 heterocycles. The van der Waals surface area contributed by atoms with Crippen LogP contribution in [0.1, 0.15) is 74.7 Å². The lowest BCUT2D eigenvalue weighted by molar-refractivity contribution is 0.501. The van der Waals surface area contributed by atoms with Gasteiger partial charge in [0.15, 0.2) is 0 Å². The molecule has 0 aliphatic heterocycles. The highest BCUT2D eigenvalue weighted by Gasteiger charge is 2.18. The quantitative estimate of drug-likeness (QED) is 0.508. The van der Waals surface area contributed by atoms with Crippen molar-refractivity contribution in [2.75, 3.05) is 0 Å². The maximum Gasteiger partial charge on any atom is -0.0414 e. The fourth-order valence-electron chi connectivity index (χ4n) is 1.70. The highest BCUT2D eigenvalue weighted by atomic mass is 14.2. The minimum absolute atomic E-state index is 0. The molecule has 1 saturated carbocycles. The van der Waals surface area contributed by atoms with E-state index in [-0.39, 0.29) is 14.9 Å². The Morgan fingerprint density at radius 1 is 1.00 bits per heavy atom. The Kier molecular flexibility index (Phi) is 17.3. The van der Waals surface area contributed by atoms with E-state index in [1.807, 2.05) is 0 Å². The molecule has 0 radical (unpaired) electrons. The van der Waals surface area contributed by atoms with Crippen LogP contribution in [0, 0.1) is 11.8 Å². The van der Waals surface area contributed by atoms with Gasteiger partial charge in [-0.1, -0.05) is 68.2 Å². The normalized spacial score (nSPS) is 24.9. The zero-order valence-electron chi connectivity index (χ0n) is 8.69. The molecule has 0 aromatic heterocycles. The first-order valence-corrected chi connectivity index (χ1v) is 5.24. The lowest BCUT2D eigenvalue weighted by atomic mass is 10.0. The molecular weight excluding hydrogens is 156 g/mol. The molecule has 0 bridgehead atoms. The van der Waals surface area contributed by atoms with Crippen LogP contribution in [-0.4, -0.2) is 0 Å². The maximum atomic E-state index is 2.37. The van der Waals surface area contributed by atoms with E-state index in [0.717, 1.165) is 11.8 Å². The molecule has 0 nitrogen and oxygen atoms in total. The monoisotopic (exact) mass is 188 g/mol. The van der Waals surface area contributed by atoms with Crippen molar-refractivity contribution in [3.63, 3.8) is 0 Å². The van der Waals surface area contributed by atoms with Gasteiger partial charge < -0.3 is 0 Å². The summed E-state index contributed by atoms with van der Waals surface area (Å²) in [5.41, 5.74) is 0. The fourth-order valence-corrected chi connectivity index (χ4v) is 1.70. The second kappa shape index (κ2) is 12.0. The Morgan fingerprint density at radius 3 is 1.62 bits per heavy atom. The van der Waals surface area contributed by atoms with Gasteiger partial charge in [-0.3, -0.25) is 0 Å². The van der Waals surface area contributed by atoms with Gasteiger partial charge in [0, 0.05) is 0 Å². The van der Waals surface area contributed by atoms with Crippen molar-refractivity contribution in [2.24, 2.45) is 11.8 Å². The Bertz CT molecular complexity index is 76.1. The Morgan fingerprint density at radius 2 is 1.46 bits per heavy atom.